The van der Waals surface area contributed by atoms with Crippen molar-refractivity contribution >= 4 is 5.97 Å². The number of ether oxygens (including phenoxy) is 2. The lowest BCUT2D eigenvalue weighted by molar-refractivity contribution is -0.148. The van der Waals surface area contributed by atoms with Gasteiger partial charge in [0.15, 0.2) is 6.04 Å². The second-order valence-electron chi connectivity index (χ2n) is 5.34. The predicted molar refractivity (Wildman–Crippen MR) is 89.6 cm³/mol. The molecule has 24 heavy (non-hydrogen) atoms. The van der Waals surface area contributed by atoms with Crippen LogP contribution in [0.1, 0.15) is 46.1 Å². The maximum atomic E-state index is 11.9. The Hall–Kier alpha value is -2.44. The maximum absolute atomic E-state index is 11.9. The van der Waals surface area contributed by atoms with Crippen molar-refractivity contribution in [2.45, 2.75) is 46.1 Å². The van der Waals surface area contributed by atoms with Gasteiger partial charge in [-0.1, -0.05) is 20.3 Å². The van der Waals surface area contributed by atoms with Gasteiger partial charge < -0.3 is 9.47 Å². The van der Waals surface area contributed by atoms with Crippen LogP contribution < -0.4 is 4.74 Å². The van der Waals surface area contributed by atoms with Gasteiger partial charge in [-0.15, -0.1) is 15.0 Å². The number of benzene rings is 1. The molecule has 0 spiro atoms. The molecule has 0 amide bonds. The Labute approximate surface area is 142 Å². The molecule has 1 heterocycles. The second-order valence-corrected chi connectivity index (χ2v) is 5.34. The molecule has 0 aliphatic carbocycles. The van der Waals surface area contributed by atoms with Crippen LogP contribution in [0.4, 0.5) is 0 Å². The topological polar surface area (TPSA) is 79.1 Å². The van der Waals surface area contributed by atoms with Crippen LogP contribution in [0.2, 0.25) is 0 Å². The first-order valence-corrected chi connectivity index (χ1v) is 8.38. The second kappa shape index (κ2) is 9.00. The van der Waals surface area contributed by atoms with E-state index >= 15 is 0 Å². The maximum Gasteiger partial charge on any atom is 0.332 e. The molecule has 7 heteroatoms. The van der Waals surface area contributed by atoms with Crippen molar-refractivity contribution in [3.8, 4) is 17.1 Å². The van der Waals surface area contributed by atoms with Crippen molar-refractivity contribution in [1.82, 2.24) is 20.2 Å². The zero-order valence-corrected chi connectivity index (χ0v) is 14.4. The highest BCUT2D eigenvalue weighted by atomic mass is 16.5. The van der Waals surface area contributed by atoms with Crippen molar-refractivity contribution < 1.29 is 14.3 Å². The molecular weight excluding hydrogens is 308 g/mol. The van der Waals surface area contributed by atoms with Crippen LogP contribution in [0.3, 0.4) is 0 Å². The molecule has 2 aromatic rings. The van der Waals surface area contributed by atoms with Crippen LogP contribution in [0.5, 0.6) is 5.75 Å². The Bertz CT molecular complexity index is 640. The fraction of sp³-hybridized carbons (Fsp3) is 0.529. The molecule has 130 valence electrons. The molecule has 0 bridgehead atoms. The minimum Gasteiger partial charge on any atom is -0.494 e. The summed E-state index contributed by atoms with van der Waals surface area (Å²) in [4.78, 5) is 13.2. The SMILES string of the molecule is CCCCOc1ccc(-c2nnn([C@H](CC)C(=O)OCC)n2)cc1. The number of hydrogen-bond donors (Lipinski definition) is 0. The van der Waals surface area contributed by atoms with Crippen molar-refractivity contribution in [2.75, 3.05) is 13.2 Å². The fourth-order valence-corrected chi connectivity index (χ4v) is 2.17. The third-order valence-electron chi connectivity index (χ3n) is 3.53. The molecule has 7 nitrogen and oxygen atoms in total. The van der Waals surface area contributed by atoms with E-state index in [0.29, 0.717) is 25.5 Å². The predicted octanol–water partition coefficient (Wildman–Crippen LogP) is 3.03. The largest absolute Gasteiger partial charge is 0.494 e. The first-order valence-electron chi connectivity index (χ1n) is 8.38. The van der Waals surface area contributed by atoms with Gasteiger partial charge in [0.05, 0.1) is 13.2 Å². The zero-order valence-electron chi connectivity index (χ0n) is 14.4. The van der Waals surface area contributed by atoms with Crippen molar-refractivity contribution in [3.05, 3.63) is 24.3 Å². The van der Waals surface area contributed by atoms with E-state index in [2.05, 4.69) is 22.3 Å². The molecular formula is C17H24N4O3. The number of unbranched alkanes of at least 4 members (excludes halogenated alkanes) is 1. The molecule has 0 N–H and O–H groups in total. The van der Waals surface area contributed by atoms with Crippen LogP contribution in [0.25, 0.3) is 11.4 Å². The first kappa shape index (κ1) is 17.9. The number of tetrazole rings is 1. The van der Waals surface area contributed by atoms with Gasteiger partial charge in [0.25, 0.3) is 0 Å². The lowest BCUT2D eigenvalue weighted by Gasteiger charge is -2.11. The molecule has 1 atom stereocenters. The van der Waals surface area contributed by atoms with Crippen molar-refractivity contribution in [2.24, 2.45) is 0 Å². The summed E-state index contributed by atoms with van der Waals surface area (Å²) < 4.78 is 10.7. The van der Waals surface area contributed by atoms with Crippen LogP contribution in [-0.4, -0.2) is 39.4 Å². The van der Waals surface area contributed by atoms with Crippen LogP contribution in [-0.2, 0) is 9.53 Å². The highest BCUT2D eigenvalue weighted by Gasteiger charge is 2.23. The average Bonchev–Trinajstić information content (AvgIpc) is 3.06. The highest BCUT2D eigenvalue weighted by molar-refractivity contribution is 5.73. The molecule has 0 radical (unpaired) electrons. The van der Waals surface area contributed by atoms with Crippen LogP contribution >= 0.6 is 0 Å². The summed E-state index contributed by atoms with van der Waals surface area (Å²) in [5, 5.41) is 12.3. The van der Waals surface area contributed by atoms with E-state index in [0.717, 1.165) is 24.2 Å². The quantitative estimate of drug-likeness (QED) is 0.519. The van der Waals surface area contributed by atoms with Crippen molar-refractivity contribution in [3.63, 3.8) is 0 Å². The average molecular weight is 332 g/mol. The van der Waals surface area contributed by atoms with E-state index in [1.807, 2.05) is 31.2 Å². The van der Waals surface area contributed by atoms with Crippen LogP contribution in [0.15, 0.2) is 24.3 Å². The monoisotopic (exact) mass is 332 g/mol. The van der Waals surface area contributed by atoms with Gasteiger partial charge in [-0.3, -0.25) is 0 Å². The molecule has 0 aliphatic rings. The fourth-order valence-electron chi connectivity index (χ4n) is 2.17. The first-order chi connectivity index (χ1) is 11.7. The Morgan fingerprint density at radius 1 is 1.21 bits per heavy atom. The van der Waals surface area contributed by atoms with Gasteiger partial charge in [0, 0.05) is 5.56 Å². The molecule has 2 rings (SSSR count). The van der Waals surface area contributed by atoms with E-state index in [1.54, 1.807) is 6.92 Å². The highest BCUT2D eigenvalue weighted by Crippen LogP contribution is 2.20. The van der Waals surface area contributed by atoms with Gasteiger partial charge in [0.2, 0.25) is 5.82 Å². The number of hydrogen-bond acceptors (Lipinski definition) is 6. The van der Waals surface area contributed by atoms with E-state index < -0.39 is 6.04 Å². The Morgan fingerprint density at radius 2 is 1.96 bits per heavy atom. The number of esters is 1. The van der Waals surface area contributed by atoms with E-state index in [4.69, 9.17) is 9.47 Å². The summed E-state index contributed by atoms with van der Waals surface area (Å²) in [6.07, 6.45) is 2.67. The van der Waals surface area contributed by atoms with Gasteiger partial charge in [-0.25, -0.2) is 4.79 Å². The number of aromatic nitrogens is 4. The van der Waals surface area contributed by atoms with Gasteiger partial charge in [-0.05, 0) is 49.2 Å². The summed E-state index contributed by atoms with van der Waals surface area (Å²) in [5.41, 5.74) is 0.822. The number of carbonyl (C=O) groups is 1. The lowest BCUT2D eigenvalue weighted by Crippen LogP contribution is -2.23. The Morgan fingerprint density at radius 3 is 2.58 bits per heavy atom. The van der Waals surface area contributed by atoms with E-state index in [-0.39, 0.29) is 5.97 Å². The number of rotatable bonds is 9. The molecule has 1 aromatic heterocycles. The van der Waals surface area contributed by atoms with Gasteiger partial charge in [-0.2, -0.15) is 0 Å². The summed E-state index contributed by atoms with van der Waals surface area (Å²) in [5.74, 6) is 0.944. The Balaban J connectivity index is 2.08. The van der Waals surface area contributed by atoms with E-state index in [9.17, 15) is 4.79 Å². The molecule has 1 aromatic carbocycles. The third-order valence-corrected chi connectivity index (χ3v) is 3.53. The van der Waals surface area contributed by atoms with E-state index in [1.165, 1.54) is 4.80 Å². The molecule has 0 saturated heterocycles. The molecule has 0 unspecified atom stereocenters. The summed E-state index contributed by atoms with van der Waals surface area (Å²) >= 11 is 0. The third kappa shape index (κ3) is 4.53. The normalized spacial score (nSPS) is 12.0. The number of nitrogens with zero attached hydrogens (tertiary/aromatic N) is 4. The van der Waals surface area contributed by atoms with Crippen molar-refractivity contribution in [1.29, 1.82) is 0 Å². The van der Waals surface area contributed by atoms with Crippen LogP contribution in [0, 0.1) is 0 Å². The molecule has 0 saturated carbocycles. The minimum absolute atomic E-state index is 0.330. The summed E-state index contributed by atoms with van der Waals surface area (Å²) in [6.45, 7) is 6.82. The zero-order chi connectivity index (χ0) is 17.4. The summed E-state index contributed by atoms with van der Waals surface area (Å²) in [6, 6.07) is 6.98. The smallest absolute Gasteiger partial charge is 0.332 e. The lowest BCUT2D eigenvalue weighted by atomic mass is 10.2. The molecule has 0 fully saturated rings. The Kier molecular flexibility index (Phi) is 6.72. The van der Waals surface area contributed by atoms with Gasteiger partial charge >= 0.3 is 5.97 Å². The standard InChI is InChI=1S/C17H24N4O3/c1-4-7-12-24-14-10-8-13(9-11-14)16-18-20-21(19-16)15(5-2)17(22)23-6-3/h8-11,15H,4-7,12H2,1-3H3/t15-/m1/s1. The number of carbonyl (C=O) groups excluding carboxylic acids is 1. The van der Waals surface area contributed by atoms with Gasteiger partial charge in [0.1, 0.15) is 5.75 Å². The minimum atomic E-state index is -0.553. The summed E-state index contributed by atoms with van der Waals surface area (Å²) in [7, 11) is 0. The molecule has 0 aliphatic heterocycles.